The smallest absolute Gasteiger partial charge is 0.0692 e. The van der Waals surface area contributed by atoms with Gasteiger partial charge in [0, 0.05) is 0 Å². The second kappa shape index (κ2) is 11.3. The van der Waals surface area contributed by atoms with Gasteiger partial charge in [-0.1, -0.05) is 84.5 Å². The van der Waals surface area contributed by atoms with Gasteiger partial charge in [-0.15, -0.1) is 0 Å². The zero-order valence-corrected chi connectivity index (χ0v) is 17.2. The topological polar surface area (TPSA) is 23.8 Å². The molecule has 2 fully saturated rings. The molecule has 2 aliphatic rings. The minimum Gasteiger partial charge on any atom is -0.198 e. The van der Waals surface area contributed by atoms with E-state index in [1.54, 1.807) is 0 Å². The molecule has 2 aliphatic carbocycles. The van der Waals surface area contributed by atoms with Crippen molar-refractivity contribution >= 4 is 0 Å². The Labute approximate surface area is 158 Å². The van der Waals surface area contributed by atoms with Gasteiger partial charge in [-0.05, 0) is 56.3 Å². The third-order valence-electron chi connectivity index (χ3n) is 7.53. The Morgan fingerprint density at radius 2 is 1.28 bits per heavy atom. The van der Waals surface area contributed by atoms with Gasteiger partial charge >= 0.3 is 0 Å². The summed E-state index contributed by atoms with van der Waals surface area (Å²) in [6.07, 6.45) is 23.2. The van der Waals surface area contributed by atoms with Crippen molar-refractivity contribution in [1.82, 2.24) is 0 Å². The molecule has 0 bridgehead atoms. The van der Waals surface area contributed by atoms with Crippen LogP contribution in [0.4, 0.5) is 0 Å². The molecule has 0 amide bonds. The molecule has 0 aromatic heterocycles. The molecule has 25 heavy (non-hydrogen) atoms. The van der Waals surface area contributed by atoms with Gasteiger partial charge in [-0.3, -0.25) is 0 Å². The van der Waals surface area contributed by atoms with Crippen LogP contribution < -0.4 is 0 Å². The molecule has 144 valence electrons. The zero-order valence-electron chi connectivity index (χ0n) is 17.2. The van der Waals surface area contributed by atoms with E-state index in [-0.39, 0.29) is 5.41 Å². The highest BCUT2D eigenvalue weighted by Crippen LogP contribution is 2.51. The quantitative estimate of drug-likeness (QED) is 0.367. The second-order valence-corrected chi connectivity index (χ2v) is 9.27. The predicted molar refractivity (Wildman–Crippen MR) is 108 cm³/mol. The molecule has 0 aliphatic heterocycles. The summed E-state index contributed by atoms with van der Waals surface area (Å²) in [5.41, 5.74) is 0.0504. The SMILES string of the molecule is CCCCCCCC1CCC([C@]2(C#N)CC[C@@H](CCCC)CC2)CC1. The number of nitriles is 1. The van der Waals surface area contributed by atoms with Gasteiger partial charge in [0.1, 0.15) is 0 Å². The lowest BCUT2D eigenvalue weighted by molar-refractivity contribution is 0.0843. The van der Waals surface area contributed by atoms with Crippen molar-refractivity contribution < 1.29 is 0 Å². The first-order valence-corrected chi connectivity index (χ1v) is 11.6. The van der Waals surface area contributed by atoms with Crippen molar-refractivity contribution in [2.75, 3.05) is 0 Å². The minimum absolute atomic E-state index is 0.0504. The Kier molecular flexibility index (Phi) is 9.36. The van der Waals surface area contributed by atoms with Gasteiger partial charge in [0.15, 0.2) is 0 Å². The first-order valence-electron chi connectivity index (χ1n) is 11.6. The van der Waals surface area contributed by atoms with E-state index in [1.807, 2.05) is 0 Å². The van der Waals surface area contributed by atoms with Crippen LogP contribution in [-0.4, -0.2) is 0 Å². The van der Waals surface area contributed by atoms with Gasteiger partial charge in [-0.25, -0.2) is 0 Å². The average molecular weight is 346 g/mol. The molecule has 0 spiro atoms. The molecule has 0 radical (unpaired) electrons. The van der Waals surface area contributed by atoms with E-state index in [2.05, 4.69) is 19.9 Å². The Morgan fingerprint density at radius 3 is 1.88 bits per heavy atom. The minimum atomic E-state index is 0.0504. The molecule has 0 atom stereocenters. The highest BCUT2D eigenvalue weighted by atomic mass is 14.5. The van der Waals surface area contributed by atoms with Crippen molar-refractivity contribution in [3.63, 3.8) is 0 Å². The average Bonchev–Trinajstić information content (AvgIpc) is 2.67. The summed E-state index contributed by atoms with van der Waals surface area (Å²) in [5, 5.41) is 10.00. The molecule has 2 saturated carbocycles. The van der Waals surface area contributed by atoms with Crippen molar-refractivity contribution in [1.29, 1.82) is 5.26 Å². The van der Waals surface area contributed by atoms with E-state index in [1.165, 1.54) is 109 Å². The molecule has 1 nitrogen and oxygen atoms in total. The molecule has 1 heteroatoms. The number of hydrogen-bond acceptors (Lipinski definition) is 1. The Balaban J connectivity index is 1.70. The second-order valence-electron chi connectivity index (χ2n) is 9.27. The summed E-state index contributed by atoms with van der Waals surface area (Å²) in [6, 6.07) is 2.84. The van der Waals surface area contributed by atoms with E-state index in [0.717, 1.165) is 11.8 Å². The third-order valence-corrected chi connectivity index (χ3v) is 7.53. The maximum atomic E-state index is 10.00. The molecule has 0 heterocycles. The van der Waals surface area contributed by atoms with Gasteiger partial charge in [0.05, 0.1) is 11.5 Å². The van der Waals surface area contributed by atoms with Crippen LogP contribution >= 0.6 is 0 Å². The lowest BCUT2D eigenvalue weighted by Crippen LogP contribution is -2.36. The van der Waals surface area contributed by atoms with Crippen LogP contribution in [-0.2, 0) is 0 Å². The summed E-state index contributed by atoms with van der Waals surface area (Å²) < 4.78 is 0. The van der Waals surface area contributed by atoms with E-state index in [9.17, 15) is 5.26 Å². The number of nitrogens with zero attached hydrogens (tertiary/aromatic N) is 1. The van der Waals surface area contributed by atoms with Crippen molar-refractivity contribution in [2.45, 2.75) is 123 Å². The molecular formula is C24H43N. The number of rotatable bonds is 10. The van der Waals surface area contributed by atoms with Gasteiger partial charge in [0.25, 0.3) is 0 Å². The molecule has 0 aromatic carbocycles. The van der Waals surface area contributed by atoms with Crippen LogP contribution in [0.5, 0.6) is 0 Å². The fourth-order valence-corrected chi connectivity index (χ4v) is 5.63. The Bertz CT molecular complexity index is 377. The standard InChI is InChI=1S/C24H43N/c1-3-5-7-8-9-11-21-12-14-23(15-13-21)24(20-25)18-16-22(17-19-24)10-6-4-2/h21-23H,3-19H2,1-2H3/t21?,22-,23?,24-. The molecule has 0 saturated heterocycles. The molecule has 0 aromatic rings. The zero-order chi connectivity index (χ0) is 18.0. The fourth-order valence-electron chi connectivity index (χ4n) is 5.63. The van der Waals surface area contributed by atoms with Crippen LogP contribution in [0, 0.1) is 34.5 Å². The summed E-state index contributed by atoms with van der Waals surface area (Å²) in [6.45, 7) is 4.59. The summed E-state index contributed by atoms with van der Waals surface area (Å²) in [4.78, 5) is 0. The molecule has 2 rings (SSSR count). The maximum absolute atomic E-state index is 10.00. The number of unbranched alkanes of at least 4 members (excludes halogenated alkanes) is 5. The summed E-state index contributed by atoms with van der Waals surface area (Å²) in [5.74, 6) is 2.59. The van der Waals surface area contributed by atoms with E-state index >= 15 is 0 Å². The van der Waals surface area contributed by atoms with Crippen LogP contribution in [0.25, 0.3) is 0 Å². The van der Waals surface area contributed by atoms with E-state index < -0.39 is 0 Å². The van der Waals surface area contributed by atoms with Crippen molar-refractivity contribution in [3.05, 3.63) is 0 Å². The predicted octanol–water partition coefficient (Wildman–Crippen LogP) is 8.04. The summed E-state index contributed by atoms with van der Waals surface area (Å²) in [7, 11) is 0. The first-order chi connectivity index (χ1) is 12.2. The van der Waals surface area contributed by atoms with E-state index in [4.69, 9.17) is 0 Å². The Hall–Kier alpha value is -0.510. The Morgan fingerprint density at radius 1 is 0.720 bits per heavy atom. The van der Waals surface area contributed by atoms with Gasteiger partial charge in [-0.2, -0.15) is 5.26 Å². The van der Waals surface area contributed by atoms with Crippen LogP contribution in [0.3, 0.4) is 0 Å². The summed E-state index contributed by atoms with van der Waals surface area (Å²) >= 11 is 0. The molecular weight excluding hydrogens is 302 g/mol. The van der Waals surface area contributed by atoms with Crippen LogP contribution in [0.1, 0.15) is 123 Å². The normalized spacial score (nSPS) is 33.1. The monoisotopic (exact) mass is 345 g/mol. The third kappa shape index (κ3) is 6.30. The first kappa shape index (κ1) is 20.8. The van der Waals surface area contributed by atoms with Crippen LogP contribution in [0.2, 0.25) is 0 Å². The van der Waals surface area contributed by atoms with E-state index in [0.29, 0.717) is 5.92 Å². The molecule has 0 unspecified atom stereocenters. The van der Waals surface area contributed by atoms with Crippen molar-refractivity contribution in [2.24, 2.45) is 23.2 Å². The lowest BCUT2D eigenvalue weighted by Gasteiger charge is -2.43. The molecule has 0 N–H and O–H groups in total. The fraction of sp³-hybridized carbons (Fsp3) is 0.958. The highest BCUT2D eigenvalue weighted by molar-refractivity contribution is 5.06. The highest BCUT2D eigenvalue weighted by Gasteiger charge is 2.43. The maximum Gasteiger partial charge on any atom is 0.0692 e. The van der Waals surface area contributed by atoms with Crippen molar-refractivity contribution in [3.8, 4) is 6.07 Å². The van der Waals surface area contributed by atoms with Crippen LogP contribution in [0.15, 0.2) is 0 Å². The van der Waals surface area contributed by atoms with Gasteiger partial charge in [0.2, 0.25) is 0 Å². The van der Waals surface area contributed by atoms with Gasteiger partial charge < -0.3 is 0 Å². The lowest BCUT2D eigenvalue weighted by atomic mass is 9.59. The largest absolute Gasteiger partial charge is 0.198 e. The number of hydrogen-bond donors (Lipinski definition) is 0.